The summed E-state index contributed by atoms with van der Waals surface area (Å²) in [5.41, 5.74) is 2.95. The van der Waals surface area contributed by atoms with Gasteiger partial charge in [-0.15, -0.1) is 11.8 Å². The van der Waals surface area contributed by atoms with Crippen LogP contribution in [-0.4, -0.2) is 18.8 Å². The Morgan fingerprint density at radius 2 is 1.80 bits per heavy atom. The number of hydrogen-bond donors (Lipinski definition) is 0. The van der Waals surface area contributed by atoms with Gasteiger partial charge in [0.1, 0.15) is 0 Å². The Morgan fingerprint density at radius 1 is 1.05 bits per heavy atom. The third-order valence-electron chi connectivity index (χ3n) is 3.81. The summed E-state index contributed by atoms with van der Waals surface area (Å²) in [6, 6.07) is 19.6. The molecule has 0 radical (unpaired) electrons. The van der Waals surface area contributed by atoms with E-state index < -0.39 is 0 Å². The smallest absolute Gasteiger partial charge is 0.0399 e. The Hall–Kier alpha value is -1.41. The van der Waals surface area contributed by atoms with Crippen molar-refractivity contribution in [3.05, 3.63) is 60.2 Å². The highest BCUT2D eigenvalue weighted by Crippen LogP contribution is 2.29. The molecule has 0 amide bonds. The molecule has 2 aromatic carbocycles. The van der Waals surface area contributed by atoms with E-state index in [1.54, 1.807) is 0 Å². The highest BCUT2D eigenvalue weighted by molar-refractivity contribution is 7.99. The highest BCUT2D eigenvalue weighted by atomic mass is 32.2. The van der Waals surface area contributed by atoms with Gasteiger partial charge in [-0.1, -0.05) is 43.3 Å². The molecule has 0 N–H and O–H groups in total. The topological polar surface area (TPSA) is 3.24 Å². The summed E-state index contributed by atoms with van der Waals surface area (Å²) in [6.07, 6.45) is 1.22. The van der Waals surface area contributed by atoms with Crippen LogP contribution in [0.15, 0.2) is 59.5 Å². The van der Waals surface area contributed by atoms with Gasteiger partial charge in [0.05, 0.1) is 0 Å². The first-order chi connectivity index (χ1) is 9.83. The molecular formula is C18H21NS. The van der Waals surface area contributed by atoms with E-state index in [0.29, 0.717) is 0 Å². The number of para-hydroxylation sites is 1. The van der Waals surface area contributed by atoms with Crippen molar-refractivity contribution in [3.8, 4) is 0 Å². The summed E-state index contributed by atoms with van der Waals surface area (Å²) < 4.78 is 0. The van der Waals surface area contributed by atoms with Crippen molar-refractivity contribution in [2.45, 2.75) is 18.2 Å². The van der Waals surface area contributed by atoms with E-state index >= 15 is 0 Å². The molecule has 2 aromatic rings. The zero-order chi connectivity index (χ0) is 13.8. The van der Waals surface area contributed by atoms with Crippen molar-refractivity contribution in [1.82, 2.24) is 0 Å². The molecule has 104 valence electrons. The van der Waals surface area contributed by atoms with Gasteiger partial charge in [0, 0.05) is 29.4 Å². The van der Waals surface area contributed by atoms with E-state index in [1.165, 1.54) is 29.1 Å². The lowest BCUT2D eigenvalue weighted by atomic mass is 9.94. The SMILES string of the molecule is CC1Cc2ccccc2N(CCSc2ccccc2)C1. The lowest BCUT2D eigenvalue weighted by molar-refractivity contribution is 0.538. The van der Waals surface area contributed by atoms with Crippen LogP contribution < -0.4 is 4.90 Å². The van der Waals surface area contributed by atoms with Crippen LogP contribution >= 0.6 is 11.8 Å². The molecule has 0 spiro atoms. The molecular weight excluding hydrogens is 262 g/mol. The third-order valence-corrected chi connectivity index (χ3v) is 4.80. The van der Waals surface area contributed by atoms with Crippen LogP contribution in [0.3, 0.4) is 0 Å². The highest BCUT2D eigenvalue weighted by Gasteiger charge is 2.20. The first kappa shape index (κ1) is 13.6. The molecule has 1 aliphatic rings. The van der Waals surface area contributed by atoms with Crippen molar-refractivity contribution in [2.75, 3.05) is 23.7 Å². The molecule has 0 saturated carbocycles. The molecule has 1 heterocycles. The molecule has 1 aliphatic heterocycles. The largest absolute Gasteiger partial charge is 0.370 e. The monoisotopic (exact) mass is 283 g/mol. The van der Waals surface area contributed by atoms with E-state index in [0.717, 1.165) is 18.2 Å². The number of benzene rings is 2. The molecule has 0 fully saturated rings. The average molecular weight is 283 g/mol. The summed E-state index contributed by atoms with van der Waals surface area (Å²) in [6.45, 7) is 4.67. The van der Waals surface area contributed by atoms with Gasteiger partial charge >= 0.3 is 0 Å². The number of hydrogen-bond acceptors (Lipinski definition) is 2. The van der Waals surface area contributed by atoms with Crippen molar-refractivity contribution >= 4 is 17.4 Å². The Kier molecular flexibility index (Phi) is 4.31. The molecule has 0 saturated heterocycles. The number of fused-ring (bicyclic) bond motifs is 1. The summed E-state index contributed by atoms with van der Waals surface area (Å²) in [4.78, 5) is 3.92. The first-order valence-electron chi connectivity index (χ1n) is 7.33. The standard InChI is InChI=1S/C18H21NS/c1-15-13-16-7-5-6-10-18(16)19(14-15)11-12-20-17-8-3-2-4-9-17/h2-10,15H,11-14H2,1H3. The van der Waals surface area contributed by atoms with Gasteiger partial charge in [0.2, 0.25) is 0 Å². The fourth-order valence-corrected chi connectivity index (χ4v) is 3.81. The van der Waals surface area contributed by atoms with Crippen LogP contribution in [0.4, 0.5) is 5.69 Å². The predicted molar refractivity (Wildman–Crippen MR) is 88.7 cm³/mol. The van der Waals surface area contributed by atoms with Gasteiger partial charge < -0.3 is 4.90 Å². The maximum absolute atomic E-state index is 2.55. The molecule has 1 nitrogen and oxygen atoms in total. The van der Waals surface area contributed by atoms with Gasteiger partial charge in [-0.3, -0.25) is 0 Å². The summed E-state index contributed by atoms with van der Waals surface area (Å²) in [5.74, 6) is 1.90. The molecule has 1 atom stereocenters. The minimum atomic E-state index is 0.756. The van der Waals surface area contributed by atoms with Crippen LogP contribution in [0, 0.1) is 5.92 Å². The zero-order valence-corrected chi connectivity index (χ0v) is 12.8. The van der Waals surface area contributed by atoms with Crippen LogP contribution in [0.2, 0.25) is 0 Å². The second kappa shape index (κ2) is 6.36. The fraction of sp³-hybridized carbons (Fsp3) is 0.333. The Morgan fingerprint density at radius 3 is 2.65 bits per heavy atom. The molecule has 3 rings (SSSR count). The van der Waals surface area contributed by atoms with Gasteiger partial charge in [-0.05, 0) is 36.1 Å². The lowest BCUT2D eigenvalue weighted by Gasteiger charge is -2.34. The number of rotatable bonds is 4. The zero-order valence-electron chi connectivity index (χ0n) is 12.0. The van der Waals surface area contributed by atoms with Crippen LogP contribution in [0.5, 0.6) is 0 Å². The van der Waals surface area contributed by atoms with Crippen LogP contribution in [0.1, 0.15) is 12.5 Å². The minimum Gasteiger partial charge on any atom is -0.370 e. The van der Waals surface area contributed by atoms with Gasteiger partial charge in [-0.25, -0.2) is 0 Å². The van der Waals surface area contributed by atoms with Crippen molar-refractivity contribution in [2.24, 2.45) is 5.92 Å². The summed E-state index contributed by atoms with van der Waals surface area (Å²) >= 11 is 1.95. The second-order valence-corrected chi connectivity index (χ2v) is 6.71. The third kappa shape index (κ3) is 3.18. The van der Waals surface area contributed by atoms with E-state index in [2.05, 4.69) is 66.4 Å². The summed E-state index contributed by atoms with van der Waals surface area (Å²) in [5, 5.41) is 0. The Bertz CT molecular complexity index is 552. The molecule has 20 heavy (non-hydrogen) atoms. The Labute approximate surface area is 126 Å². The van der Waals surface area contributed by atoms with Gasteiger partial charge in [0.15, 0.2) is 0 Å². The van der Waals surface area contributed by atoms with Crippen molar-refractivity contribution in [3.63, 3.8) is 0 Å². The van der Waals surface area contributed by atoms with Gasteiger partial charge in [-0.2, -0.15) is 0 Å². The molecule has 0 aromatic heterocycles. The lowest BCUT2D eigenvalue weighted by Crippen LogP contribution is -2.35. The molecule has 2 heteroatoms. The fourth-order valence-electron chi connectivity index (χ4n) is 2.91. The molecule has 1 unspecified atom stereocenters. The average Bonchev–Trinajstić information content (AvgIpc) is 2.48. The number of anilines is 1. The maximum Gasteiger partial charge on any atom is 0.0399 e. The quantitative estimate of drug-likeness (QED) is 0.761. The predicted octanol–water partition coefficient (Wildman–Crippen LogP) is 4.48. The van der Waals surface area contributed by atoms with Crippen molar-refractivity contribution in [1.29, 1.82) is 0 Å². The van der Waals surface area contributed by atoms with Crippen LogP contribution in [0.25, 0.3) is 0 Å². The van der Waals surface area contributed by atoms with E-state index in [9.17, 15) is 0 Å². The van der Waals surface area contributed by atoms with E-state index in [4.69, 9.17) is 0 Å². The van der Waals surface area contributed by atoms with Gasteiger partial charge in [0.25, 0.3) is 0 Å². The van der Waals surface area contributed by atoms with Crippen LogP contribution in [-0.2, 0) is 6.42 Å². The van der Waals surface area contributed by atoms with E-state index in [-0.39, 0.29) is 0 Å². The van der Waals surface area contributed by atoms with E-state index in [1.807, 2.05) is 11.8 Å². The summed E-state index contributed by atoms with van der Waals surface area (Å²) in [7, 11) is 0. The second-order valence-electron chi connectivity index (χ2n) is 5.55. The maximum atomic E-state index is 2.55. The minimum absolute atomic E-state index is 0.756. The number of thioether (sulfide) groups is 1. The number of nitrogens with zero attached hydrogens (tertiary/aromatic N) is 1. The first-order valence-corrected chi connectivity index (χ1v) is 8.32. The van der Waals surface area contributed by atoms with Crippen molar-refractivity contribution < 1.29 is 0 Å². The molecule has 0 bridgehead atoms. The molecule has 0 aliphatic carbocycles. The Balaban J connectivity index is 1.63. The normalized spacial score (nSPS) is 17.9.